The molecule has 1 aromatic carbocycles. The van der Waals surface area contributed by atoms with Crippen LogP contribution in [0.2, 0.25) is 5.02 Å². The first-order valence-electron chi connectivity index (χ1n) is 10.8. The molecule has 5 atom stereocenters. The van der Waals surface area contributed by atoms with Gasteiger partial charge in [-0.3, -0.25) is 9.59 Å². The van der Waals surface area contributed by atoms with Gasteiger partial charge >= 0.3 is 5.97 Å². The number of carboxylic acids is 1. The lowest BCUT2D eigenvalue weighted by molar-refractivity contribution is -0.137. The zero-order valence-corrected chi connectivity index (χ0v) is 18.2. The second-order valence-corrected chi connectivity index (χ2v) is 8.96. The van der Waals surface area contributed by atoms with E-state index in [1.807, 2.05) is 6.92 Å². The number of aliphatic carboxylic acids is 1. The molecule has 168 valence electrons. The molecular formula is C23H33ClO6. The van der Waals surface area contributed by atoms with Crippen LogP contribution in [0.15, 0.2) is 18.2 Å². The van der Waals surface area contributed by atoms with Crippen molar-refractivity contribution in [1.29, 1.82) is 0 Å². The van der Waals surface area contributed by atoms with Crippen molar-refractivity contribution >= 4 is 23.4 Å². The number of aryl methyl sites for hydroxylation is 1. The van der Waals surface area contributed by atoms with Crippen LogP contribution in [0.4, 0.5) is 0 Å². The van der Waals surface area contributed by atoms with Gasteiger partial charge in [0.15, 0.2) is 5.78 Å². The molecule has 0 aliphatic heterocycles. The Morgan fingerprint density at radius 2 is 1.67 bits per heavy atom. The summed E-state index contributed by atoms with van der Waals surface area (Å²) in [6.45, 7) is 1.83. The highest BCUT2D eigenvalue weighted by atomic mass is 35.5. The monoisotopic (exact) mass is 440 g/mol. The number of carboxylic acid groups (broad SMARTS) is 1. The van der Waals surface area contributed by atoms with Gasteiger partial charge in [0, 0.05) is 17.0 Å². The van der Waals surface area contributed by atoms with Crippen molar-refractivity contribution in [3.63, 3.8) is 0 Å². The summed E-state index contributed by atoms with van der Waals surface area (Å²) in [5.41, 5.74) is 1.22. The van der Waals surface area contributed by atoms with E-state index in [2.05, 4.69) is 0 Å². The fraction of sp³-hybridized carbons (Fsp3) is 0.652. The maximum Gasteiger partial charge on any atom is 0.303 e. The lowest BCUT2D eigenvalue weighted by Gasteiger charge is -2.24. The summed E-state index contributed by atoms with van der Waals surface area (Å²) >= 11 is 6.01. The van der Waals surface area contributed by atoms with Crippen molar-refractivity contribution in [1.82, 2.24) is 0 Å². The second-order valence-electron chi connectivity index (χ2n) is 8.52. The molecule has 0 saturated heterocycles. The average Bonchev–Trinajstić information content (AvgIpc) is 2.93. The number of aliphatic hydroxyl groups excluding tert-OH is 3. The Hall–Kier alpha value is -1.47. The fourth-order valence-electron chi connectivity index (χ4n) is 4.54. The Morgan fingerprint density at radius 1 is 1.03 bits per heavy atom. The van der Waals surface area contributed by atoms with Crippen LogP contribution in [-0.2, 0) is 4.79 Å². The van der Waals surface area contributed by atoms with Gasteiger partial charge in [-0.05, 0) is 74.6 Å². The van der Waals surface area contributed by atoms with Crippen LogP contribution in [0.5, 0.6) is 0 Å². The van der Waals surface area contributed by atoms with Crippen LogP contribution in [0.1, 0.15) is 73.7 Å². The first kappa shape index (κ1) is 24.8. The van der Waals surface area contributed by atoms with Crippen molar-refractivity contribution in [2.75, 3.05) is 0 Å². The number of unbranched alkanes of at least 4 members (excludes halogenated alkanes) is 3. The summed E-state index contributed by atoms with van der Waals surface area (Å²) in [6.07, 6.45) is 2.69. The number of benzene rings is 1. The summed E-state index contributed by atoms with van der Waals surface area (Å²) < 4.78 is 0. The van der Waals surface area contributed by atoms with Crippen LogP contribution < -0.4 is 0 Å². The van der Waals surface area contributed by atoms with Crippen LogP contribution >= 0.6 is 11.6 Å². The molecule has 5 unspecified atom stereocenters. The van der Waals surface area contributed by atoms with E-state index in [0.29, 0.717) is 29.8 Å². The molecular weight excluding hydrogens is 408 g/mol. The number of aliphatic hydroxyl groups is 3. The standard InChI is InChI=1S/C23H33ClO6/c1-14-10-15(12-16(24)11-14)23(30)19(25)9-8-18-17(20(26)13-21(18)27)6-4-2-3-5-7-22(28)29/h10-12,17-21,25-27H,2-9,13H2,1H3,(H,28,29). The third kappa shape index (κ3) is 7.34. The van der Waals surface area contributed by atoms with Gasteiger partial charge in [0.05, 0.1) is 12.2 Å². The molecule has 1 aliphatic carbocycles. The van der Waals surface area contributed by atoms with E-state index in [1.54, 1.807) is 18.2 Å². The van der Waals surface area contributed by atoms with Gasteiger partial charge in [-0.2, -0.15) is 0 Å². The van der Waals surface area contributed by atoms with Gasteiger partial charge in [0.1, 0.15) is 6.10 Å². The number of halogens is 1. The lowest BCUT2D eigenvalue weighted by atomic mass is 9.84. The Labute approximate surface area is 182 Å². The minimum absolute atomic E-state index is 0.0739. The highest BCUT2D eigenvalue weighted by Gasteiger charge is 2.41. The number of hydrogen-bond donors (Lipinski definition) is 4. The summed E-state index contributed by atoms with van der Waals surface area (Å²) in [5.74, 6) is -1.41. The third-order valence-electron chi connectivity index (χ3n) is 6.10. The number of Topliss-reactive ketones (excluding diaryl/α,β-unsaturated/α-hetero) is 1. The van der Waals surface area contributed by atoms with E-state index in [-0.39, 0.29) is 30.5 Å². The molecule has 7 heteroatoms. The van der Waals surface area contributed by atoms with Crippen molar-refractivity contribution in [2.45, 2.75) is 83.0 Å². The molecule has 0 aromatic heterocycles. The quantitative estimate of drug-likeness (QED) is 0.290. The van der Waals surface area contributed by atoms with Gasteiger partial charge in [-0.15, -0.1) is 0 Å². The van der Waals surface area contributed by atoms with Gasteiger partial charge in [0.2, 0.25) is 0 Å². The first-order chi connectivity index (χ1) is 14.2. The van der Waals surface area contributed by atoms with Gasteiger partial charge in [-0.1, -0.05) is 30.9 Å². The van der Waals surface area contributed by atoms with Gasteiger partial charge in [0.25, 0.3) is 0 Å². The van der Waals surface area contributed by atoms with Crippen LogP contribution in [0.25, 0.3) is 0 Å². The Bertz CT molecular complexity index is 701. The number of carbonyl (C=O) groups is 2. The van der Waals surface area contributed by atoms with E-state index in [4.69, 9.17) is 16.7 Å². The van der Waals surface area contributed by atoms with Crippen molar-refractivity contribution in [3.8, 4) is 0 Å². The molecule has 0 bridgehead atoms. The smallest absolute Gasteiger partial charge is 0.303 e. The molecule has 1 fully saturated rings. The number of rotatable bonds is 12. The number of carbonyl (C=O) groups excluding carboxylic acids is 1. The zero-order valence-electron chi connectivity index (χ0n) is 17.5. The van der Waals surface area contributed by atoms with Crippen LogP contribution in [0.3, 0.4) is 0 Å². The molecule has 1 saturated carbocycles. The van der Waals surface area contributed by atoms with E-state index < -0.39 is 24.3 Å². The molecule has 1 aliphatic rings. The number of hydrogen-bond acceptors (Lipinski definition) is 5. The molecule has 6 nitrogen and oxygen atoms in total. The normalized spacial score (nSPS) is 24.7. The Kier molecular flexibility index (Phi) is 9.75. The first-order valence-corrected chi connectivity index (χ1v) is 11.1. The van der Waals surface area contributed by atoms with E-state index in [1.165, 1.54) is 0 Å². The molecule has 0 radical (unpaired) electrons. The Morgan fingerprint density at radius 3 is 2.30 bits per heavy atom. The predicted molar refractivity (Wildman–Crippen MR) is 115 cm³/mol. The average molecular weight is 441 g/mol. The van der Waals surface area contributed by atoms with E-state index in [0.717, 1.165) is 31.2 Å². The summed E-state index contributed by atoms with van der Waals surface area (Å²) in [7, 11) is 0. The van der Waals surface area contributed by atoms with Crippen molar-refractivity contribution in [2.24, 2.45) is 11.8 Å². The zero-order chi connectivity index (χ0) is 22.3. The molecule has 2 rings (SSSR count). The number of ketones is 1. The summed E-state index contributed by atoms with van der Waals surface area (Å²) in [6, 6.07) is 4.98. The third-order valence-corrected chi connectivity index (χ3v) is 6.32. The second kappa shape index (κ2) is 11.8. The maximum atomic E-state index is 12.5. The minimum Gasteiger partial charge on any atom is -0.481 e. The topological polar surface area (TPSA) is 115 Å². The largest absolute Gasteiger partial charge is 0.481 e. The highest BCUT2D eigenvalue weighted by molar-refractivity contribution is 6.31. The van der Waals surface area contributed by atoms with Gasteiger partial charge < -0.3 is 20.4 Å². The molecule has 30 heavy (non-hydrogen) atoms. The molecule has 1 aromatic rings. The molecule has 0 amide bonds. The summed E-state index contributed by atoms with van der Waals surface area (Å²) in [5, 5.41) is 40.2. The minimum atomic E-state index is -1.18. The van der Waals surface area contributed by atoms with Gasteiger partial charge in [-0.25, -0.2) is 0 Å². The predicted octanol–water partition coefficient (Wildman–Crippen LogP) is 3.76. The van der Waals surface area contributed by atoms with Crippen molar-refractivity contribution in [3.05, 3.63) is 34.3 Å². The van der Waals surface area contributed by atoms with E-state index in [9.17, 15) is 24.9 Å². The van der Waals surface area contributed by atoms with Crippen LogP contribution in [-0.4, -0.2) is 50.5 Å². The van der Waals surface area contributed by atoms with Crippen LogP contribution in [0, 0.1) is 18.8 Å². The Balaban J connectivity index is 1.85. The van der Waals surface area contributed by atoms with E-state index >= 15 is 0 Å². The molecule has 0 heterocycles. The lowest BCUT2D eigenvalue weighted by Crippen LogP contribution is -2.26. The molecule has 4 N–H and O–H groups in total. The van der Waals surface area contributed by atoms with Crippen molar-refractivity contribution < 1.29 is 30.0 Å². The maximum absolute atomic E-state index is 12.5. The molecule has 0 spiro atoms. The fourth-order valence-corrected chi connectivity index (χ4v) is 4.83. The highest BCUT2D eigenvalue weighted by Crippen LogP contribution is 2.39. The SMILES string of the molecule is Cc1cc(Cl)cc(C(=O)C(O)CCC2C(O)CC(O)C2CCCCCCC(=O)O)c1. The summed E-state index contributed by atoms with van der Waals surface area (Å²) in [4.78, 5) is 23.1.